The normalized spacial score (nSPS) is 23.6. The molecule has 1 atom stereocenters. The fourth-order valence-corrected chi connectivity index (χ4v) is 6.31. The van der Waals surface area contributed by atoms with Crippen LogP contribution in [-0.4, -0.2) is 0 Å². The van der Waals surface area contributed by atoms with Gasteiger partial charge in [-0.2, -0.15) is 0 Å². The number of fused-ring (bicyclic) bond motifs is 4. The van der Waals surface area contributed by atoms with Crippen LogP contribution in [0.1, 0.15) is 68.4 Å². The van der Waals surface area contributed by atoms with Crippen molar-refractivity contribution in [1.82, 2.24) is 0 Å². The summed E-state index contributed by atoms with van der Waals surface area (Å²) < 4.78 is 0. The van der Waals surface area contributed by atoms with Crippen LogP contribution in [0.25, 0.3) is 11.1 Å². The van der Waals surface area contributed by atoms with Gasteiger partial charge in [-0.25, -0.2) is 0 Å². The third-order valence-corrected chi connectivity index (χ3v) is 7.27. The molecule has 142 valence electrons. The predicted molar refractivity (Wildman–Crippen MR) is 119 cm³/mol. The molecule has 3 aromatic rings. The van der Waals surface area contributed by atoms with Crippen molar-refractivity contribution in [2.45, 2.75) is 63.7 Å². The maximum absolute atomic E-state index is 2.51. The molecule has 0 heterocycles. The van der Waals surface area contributed by atoms with E-state index >= 15 is 0 Å². The van der Waals surface area contributed by atoms with E-state index in [0.29, 0.717) is 0 Å². The average molecular weight is 367 g/mol. The number of hydrogen-bond donors (Lipinski definition) is 0. The first-order chi connectivity index (χ1) is 13.2. The van der Waals surface area contributed by atoms with Crippen molar-refractivity contribution in [3.05, 3.63) is 94.5 Å². The fourth-order valence-electron chi connectivity index (χ4n) is 6.31. The Bertz CT molecular complexity index is 1080. The van der Waals surface area contributed by atoms with Crippen LogP contribution < -0.4 is 0 Å². The second-order valence-corrected chi connectivity index (χ2v) is 10.4. The quantitative estimate of drug-likeness (QED) is 0.423. The van der Waals surface area contributed by atoms with Crippen molar-refractivity contribution in [1.29, 1.82) is 0 Å². The largest absolute Gasteiger partial charge is 0.0620 e. The number of benzene rings is 3. The number of hydrogen-bond acceptors (Lipinski definition) is 0. The van der Waals surface area contributed by atoms with Gasteiger partial charge in [0.05, 0.1) is 0 Å². The third kappa shape index (κ3) is 2.37. The molecule has 0 aliphatic heterocycles. The van der Waals surface area contributed by atoms with E-state index in [1.807, 2.05) is 0 Å². The molecule has 2 aliphatic rings. The van der Waals surface area contributed by atoms with E-state index in [0.717, 1.165) is 0 Å². The van der Waals surface area contributed by atoms with Crippen molar-refractivity contribution in [2.75, 3.05) is 0 Å². The maximum Gasteiger partial charge on any atom is 0.0225 e. The van der Waals surface area contributed by atoms with Gasteiger partial charge in [0.1, 0.15) is 0 Å². The average Bonchev–Trinajstić information content (AvgIpc) is 3.02. The highest BCUT2D eigenvalue weighted by Crippen LogP contribution is 2.62. The molecule has 0 fully saturated rings. The van der Waals surface area contributed by atoms with Crippen molar-refractivity contribution in [3.63, 3.8) is 0 Å². The predicted octanol–water partition coefficient (Wildman–Crippen LogP) is 7.31. The van der Waals surface area contributed by atoms with E-state index in [-0.39, 0.29) is 16.2 Å². The van der Waals surface area contributed by atoms with Crippen molar-refractivity contribution < 1.29 is 0 Å². The second kappa shape index (κ2) is 5.60. The van der Waals surface area contributed by atoms with E-state index in [2.05, 4.69) is 101 Å². The minimum absolute atomic E-state index is 0.138. The van der Waals surface area contributed by atoms with E-state index in [1.54, 1.807) is 16.7 Å². The Labute approximate surface area is 169 Å². The minimum atomic E-state index is 0.138. The first-order valence-corrected chi connectivity index (χ1v) is 10.6. The molecule has 0 amide bonds. The van der Waals surface area contributed by atoms with Crippen LogP contribution in [0.15, 0.2) is 66.7 Å². The number of rotatable bonds is 1. The van der Waals surface area contributed by atoms with Gasteiger partial charge >= 0.3 is 0 Å². The molecule has 3 aromatic carbocycles. The molecule has 1 spiro atoms. The molecule has 28 heavy (non-hydrogen) atoms. The summed E-state index contributed by atoms with van der Waals surface area (Å²) in [6.45, 7) is 11.9. The molecule has 0 saturated carbocycles. The summed E-state index contributed by atoms with van der Waals surface area (Å²) in [5.74, 6) is 0. The van der Waals surface area contributed by atoms with Crippen LogP contribution in [0.3, 0.4) is 0 Å². The van der Waals surface area contributed by atoms with Gasteiger partial charge < -0.3 is 0 Å². The van der Waals surface area contributed by atoms with E-state index in [4.69, 9.17) is 0 Å². The molecular weight excluding hydrogens is 336 g/mol. The molecule has 0 nitrogen and oxygen atoms in total. The fraction of sp³-hybridized carbons (Fsp3) is 0.357. The molecular formula is C28H30. The van der Waals surface area contributed by atoms with Gasteiger partial charge in [-0.1, -0.05) is 93.9 Å². The second-order valence-electron chi connectivity index (χ2n) is 10.4. The Balaban J connectivity index is 1.76. The van der Waals surface area contributed by atoms with Gasteiger partial charge in [-0.05, 0) is 70.0 Å². The lowest BCUT2D eigenvalue weighted by molar-refractivity contribution is 0.349. The summed E-state index contributed by atoms with van der Waals surface area (Å²) >= 11 is 0. The van der Waals surface area contributed by atoms with E-state index in [9.17, 15) is 0 Å². The van der Waals surface area contributed by atoms with Crippen molar-refractivity contribution in [2.24, 2.45) is 0 Å². The van der Waals surface area contributed by atoms with E-state index < -0.39 is 0 Å². The molecule has 1 unspecified atom stereocenters. The summed E-state index contributed by atoms with van der Waals surface area (Å²) in [4.78, 5) is 0. The monoisotopic (exact) mass is 366 g/mol. The molecule has 2 aliphatic carbocycles. The first kappa shape index (κ1) is 17.7. The zero-order chi connectivity index (χ0) is 19.7. The van der Waals surface area contributed by atoms with Crippen LogP contribution in [0.5, 0.6) is 0 Å². The zero-order valence-corrected chi connectivity index (χ0v) is 17.8. The lowest BCUT2D eigenvalue weighted by atomic mass is 9.72. The molecule has 5 rings (SSSR count). The Hall–Kier alpha value is -2.34. The summed E-state index contributed by atoms with van der Waals surface area (Å²) in [5, 5.41) is 0. The third-order valence-electron chi connectivity index (χ3n) is 7.27. The molecule has 0 bridgehead atoms. The van der Waals surface area contributed by atoms with Crippen molar-refractivity contribution >= 4 is 0 Å². The van der Waals surface area contributed by atoms with Crippen molar-refractivity contribution in [3.8, 4) is 11.1 Å². The van der Waals surface area contributed by atoms with Crippen LogP contribution in [0, 0.1) is 6.92 Å². The minimum Gasteiger partial charge on any atom is -0.0620 e. The number of aryl methyl sites for hydroxylation is 1. The SMILES string of the molecule is Cc1cccc(-c2ccc3c(c2)C2(CC(C)(C)c4ccccc42)CC3(C)C)c1. The summed E-state index contributed by atoms with van der Waals surface area (Å²) in [6, 6.07) is 25.4. The lowest BCUT2D eigenvalue weighted by Gasteiger charge is -2.30. The van der Waals surface area contributed by atoms with Gasteiger partial charge in [-0.3, -0.25) is 0 Å². The van der Waals surface area contributed by atoms with Crippen LogP contribution in [0.2, 0.25) is 0 Å². The molecule has 0 saturated heterocycles. The van der Waals surface area contributed by atoms with Crippen LogP contribution >= 0.6 is 0 Å². The molecule has 0 N–H and O–H groups in total. The first-order valence-electron chi connectivity index (χ1n) is 10.6. The van der Waals surface area contributed by atoms with Gasteiger partial charge in [0.25, 0.3) is 0 Å². The lowest BCUT2D eigenvalue weighted by Crippen LogP contribution is -2.26. The Kier molecular flexibility index (Phi) is 3.55. The Morgan fingerprint density at radius 3 is 1.86 bits per heavy atom. The van der Waals surface area contributed by atoms with Crippen LogP contribution in [-0.2, 0) is 16.2 Å². The molecule has 0 aromatic heterocycles. The zero-order valence-electron chi connectivity index (χ0n) is 17.8. The Morgan fingerprint density at radius 1 is 0.571 bits per heavy atom. The highest BCUT2D eigenvalue weighted by molar-refractivity contribution is 5.70. The van der Waals surface area contributed by atoms with Gasteiger partial charge in [0.2, 0.25) is 0 Å². The highest BCUT2D eigenvalue weighted by atomic mass is 14.6. The summed E-state index contributed by atoms with van der Waals surface area (Å²) in [7, 11) is 0. The standard InChI is InChI=1S/C28H30/c1-19-9-8-10-20(15-19)21-13-14-23-25(16-21)28(18-27(23,4)5)17-26(2,3)22-11-6-7-12-24(22)28/h6-16H,17-18H2,1-5H3. The van der Waals surface area contributed by atoms with Crippen LogP contribution in [0.4, 0.5) is 0 Å². The van der Waals surface area contributed by atoms with E-state index in [1.165, 1.54) is 35.1 Å². The topological polar surface area (TPSA) is 0 Å². The molecule has 0 heteroatoms. The summed E-state index contributed by atoms with van der Waals surface area (Å²) in [5.41, 5.74) is 10.8. The van der Waals surface area contributed by atoms with Gasteiger partial charge in [-0.15, -0.1) is 0 Å². The van der Waals surface area contributed by atoms with Gasteiger partial charge in [0.15, 0.2) is 0 Å². The highest BCUT2D eigenvalue weighted by Gasteiger charge is 2.55. The Morgan fingerprint density at radius 2 is 1.18 bits per heavy atom. The molecule has 0 radical (unpaired) electrons. The smallest absolute Gasteiger partial charge is 0.0225 e. The summed E-state index contributed by atoms with van der Waals surface area (Å²) in [6.07, 6.45) is 2.40. The maximum atomic E-state index is 2.51. The van der Waals surface area contributed by atoms with Gasteiger partial charge in [0, 0.05) is 5.41 Å².